The van der Waals surface area contributed by atoms with Crippen molar-refractivity contribution in [3.63, 3.8) is 0 Å². The van der Waals surface area contributed by atoms with Gasteiger partial charge in [0.15, 0.2) is 0 Å². The minimum atomic E-state index is -0.384. The molecule has 0 saturated heterocycles. The zero-order valence-corrected chi connectivity index (χ0v) is 13.3. The zero-order chi connectivity index (χ0) is 14.7. The van der Waals surface area contributed by atoms with E-state index in [1.807, 2.05) is 12.1 Å². The van der Waals surface area contributed by atoms with Gasteiger partial charge in [0.25, 0.3) is 5.69 Å². The van der Waals surface area contributed by atoms with Crippen LogP contribution >= 0.6 is 34.2 Å². The Morgan fingerprint density at radius 1 is 1.30 bits per heavy atom. The number of rotatable bonds is 4. The quantitative estimate of drug-likeness (QED) is 0.476. The smallest absolute Gasteiger partial charge is 0.272 e. The van der Waals surface area contributed by atoms with Crippen LogP contribution in [0.25, 0.3) is 0 Å². The summed E-state index contributed by atoms with van der Waals surface area (Å²) in [6, 6.07) is 11.8. The maximum atomic E-state index is 11.0. The molecule has 20 heavy (non-hydrogen) atoms. The van der Waals surface area contributed by atoms with Crippen molar-refractivity contribution in [3.8, 4) is 0 Å². The van der Waals surface area contributed by atoms with Gasteiger partial charge in [-0.3, -0.25) is 10.1 Å². The molecule has 1 atom stereocenters. The molecule has 0 heterocycles. The van der Waals surface area contributed by atoms with Gasteiger partial charge in [0.2, 0.25) is 0 Å². The van der Waals surface area contributed by atoms with E-state index in [9.17, 15) is 10.1 Å². The summed E-state index contributed by atoms with van der Waals surface area (Å²) in [7, 11) is 0. The van der Waals surface area contributed by atoms with Gasteiger partial charge in [-0.15, -0.1) is 0 Å². The summed E-state index contributed by atoms with van der Waals surface area (Å²) >= 11 is 8.16. The molecule has 0 amide bonds. The minimum Gasteiger partial charge on any atom is -0.324 e. The fourth-order valence-corrected chi connectivity index (χ4v) is 2.92. The highest BCUT2D eigenvalue weighted by Crippen LogP contribution is 2.27. The molecule has 1 unspecified atom stereocenters. The van der Waals surface area contributed by atoms with Crippen molar-refractivity contribution in [1.82, 2.24) is 0 Å². The fraction of sp³-hybridized carbons (Fsp3) is 0.143. The number of halogens is 2. The Morgan fingerprint density at radius 3 is 2.70 bits per heavy atom. The van der Waals surface area contributed by atoms with E-state index in [1.54, 1.807) is 24.3 Å². The summed E-state index contributed by atoms with van der Waals surface area (Å²) in [5.41, 5.74) is 7.80. The van der Waals surface area contributed by atoms with E-state index in [4.69, 9.17) is 17.3 Å². The summed E-state index contributed by atoms with van der Waals surface area (Å²) < 4.78 is 0.998. The molecule has 0 fully saturated rings. The number of hydrogen-bond acceptors (Lipinski definition) is 3. The average Bonchev–Trinajstić information content (AvgIpc) is 2.41. The second kappa shape index (κ2) is 6.51. The molecule has 0 aliphatic carbocycles. The summed E-state index contributed by atoms with van der Waals surface area (Å²) in [6.07, 6.45) is 0.396. The second-order valence-corrected chi connectivity index (χ2v) is 5.96. The molecule has 0 spiro atoms. The van der Waals surface area contributed by atoms with E-state index in [-0.39, 0.29) is 16.7 Å². The lowest BCUT2D eigenvalue weighted by molar-refractivity contribution is -0.385. The second-order valence-electron chi connectivity index (χ2n) is 4.36. The topological polar surface area (TPSA) is 69.2 Å². The molecule has 2 aromatic rings. The molecule has 0 aromatic heterocycles. The van der Waals surface area contributed by atoms with Gasteiger partial charge in [0.1, 0.15) is 0 Å². The lowest BCUT2D eigenvalue weighted by atomic mass is 9.98. The van der Waals surface area contributed by atoms with E-state index >= 15 is 0 Å². The SMILES string of the molecule is NC(Cc1ccccc1[N+](=O)[O-])c1cc(Cl)ccc1I. The first-order chi connectivity index (χ1) is 9.49. The molecule has 2 aromatic carbocycles. The molecule has 0 bridgehead atoms. The molecule has 104 valence electrons. The third kappa shape index (κ3) is 3.47. The predicted octanol–water partition coefficient (Wildman–Crippen LogP) is 4.10. The van der Waals surface area contributed by atoms with Crippen LogP contribution in [-0.2, 0) is 6.42 Å². The first-order valence-electron chi connectivity index (χ1n) is 5.92. The number of hydrogen-bond donors (Lipinski definition) is 1. The zero-order valence-electron chi connectivity index (χ0n) is 10.4. The van der Waals surface area contributed by atoms with Crippen molar-refractivity contribution < 1.29 is 4.92 Å². The molecule has 0 aliphatic rings. The molecular weight excluding hydrogens is 391 g/mol. The number of para-hydroxylation sites is 1. The van der Waals surface area contributed by atoms with Crippen LogP contribution in [0.15, 0.2) is 42.5 Å². The molecular formula is C14H12ClIN2O2. The van der Waals surface area contributed by atoms with Crippen molar-refractivity contribution in [2.75, 3.05) is 0 Å². The maximum absolute atomic E-state index is 11.0. The highest BCUT2D eigenvalue weighted by Gasteiger charge is 2.17. The Balaban J connectivity index is 2.30. The van der Waals surface area contributed by atoms with Crippen LogP contribution in [0.4, 0.5) is 5.69 Å². The molecule has 4 nitrogen and oxygen atoms in total. The number of nitro groups is 1. The first-order valence-corrected chi connectivity index (χ1v) is 7.37. The number of nitro benzene ring substituents is 1. The Hall–Kier alpha value is -1.18. The van der Waals surface area contributed by atoms with E-state index in [0.29, 0.717) is 17.0 Å². The normalized spacial score (nSPS) is 12.2. The Kier molecular flexibility index (Phi) is 4.95. The van der Waals surface area contributed by atoms with Crippen molar-refractivity contribution >= 4 is 39.9 Å². The van der Waals surface area contributed by atoms with Crippen molar-refractivity contribution in [2.24, 2.45) is 5.73 Å². The van der Waals surface area contributed by atoms with Gasteiger partial charge in [-0.25, -0.2) is 0 Å². The van der Waals surface area contributed by atoms with E-state index < -0.39 is 0 Å². The predicted molar refractivity (Wildman–Crippen MR) is 87.9 cm³/mol. The van der Waals surface area contributed by atoms with Crippen LogP contribution in [0.2, 0.25) is 5.02 Å². The van der Waals surface area contributed by atoms with Crippen molar-refractivity contribution in [1.29, 1.82) is 0 Å². The van der Waals surface area contributed by atoms with Gasteiger partial charge in [-0.1, -0.05) is 29.8 Å². The minimum absolute atomic E-state index is 0.0972. The van der Waals surface area contributed by atoms with Gasteiger partial charge >= 0.3 is 0 Å². The fourth-order valence-electron chi connectivity index (χ4n) is 2.01. The lowest BCUT2D eigenvalue weighted by Crippen LogP contribution is -2.15. The Morgan fingerprint density at radius 2 is 2.00 bits per heavy atom. The number of nitrogens with zero attached hydrogens (tertiary/aromatic N) is 1. The largest absolute Gasteiger partial charge is 0.324 e. The Bertz CT molecular complexity index is 649. The third-order valence-electron chi connectivity index (χ3n) is 2.99. The van der Waals surface area contributed by atoms with Gasteiger partial charge in [0.05, 0.1) is 4.92 Å². The van der Waals surface area contributed by atoms with Crippen LogP contribution in [0.3, 0.4) is 0 Å². The summed E-state index contributed by atoms with van der Waals surface area (Å²) in [4.78, 5) is 10.6. The monoisotopic (exact) mass is 402 g/mol. The molecule has 0 aliphatic heterocycles. The molecule has 2 N–H and O–H groups in total. The maximum Gasteiger partial charge on any atom is 0.272 e. The van der Waals surface area contributed by atoms with Crippen LogP contribution in [0.5, 0.6) is 0 Å². The van der Waals surface area contributed by atoms with Crippen LogP contribution in [0, 0.1) is 13.7 Å². The van der Waals surface area contributed by atoms with Gasteiger partial charge in [-0.05, 0) is 52.8 Å². The van der Waals surface area contributed by atoms with E-state index in [2.05, 4.69) is 22.6 Å². The molecule has 2 rings (SSSR count). The summed E-state index contributed by atoms with van der Waals surface area (Å²) in [5, 5.41) is 11.6. The van der Waals surface area contributed by atoms with Gasteiger partial charge in [0, 0.05) is 26.3 Å². The highest BCUT2D eigenvalue weighted by molar-refractivity contribution is 14.1. The number of benzene rings is 2. The highest BCUT2D eigenvalue weighted by atomic mass is 127. The average molecular weight is 403 g/mol. The van der Waals surface area contributed by atoms with Crippen LogP contribution in [0.1, 0.15) is 17.2 Å². The third-order valence-corrected chi connectivity index (χ3v) is 4.20. The Labute approximate surface area is 135 Å². The molecule has 0 saturated carbocycles. The summed E-state index contributed by atoms with van der Waals surface area (Å²) in [5.74, 6) is 0. The number of nitrogens with two attached hydrogens (primary N) is 1. The van der Waals surface area contributed by atoms with E-state index in [1.165, 1.54) is 6.07 Å². The molecule has 0 radical (unpaired) electrons. The standard InChI is InChI=1S/C14H12ClIN2O2/c15-10-5-6-12(16)11(8-10)13(17)7-9-3-1-2-4-14(9)18(19)20/h1-6,8,13H,7,17H2. The van der Waals surface area contributed by atoms with Crippen molar-refractivity contribution in [2.45, 2.75) is 12.5 Å². The van der Waals surface area contributed by atoms with E-state index in [0.717, 1.165) is 9.13 Å². The molecule has 6 heteroatoms. The van der Waals surface area contributed by atoms with Crippen molar-refractivity contribution in [3.05, 3.63) is 72.3 Å². The van der Waals surface area contributed by atoms with Gasteiger partial charge in [-0.2, -0.15) is 0 Å². The van der Waals surface area contributed by atoms with Crippen LogP contribution in [-0.4, -0.2) is 4.92 Å². The van der Waals surface area contributed by atoms with Gasteiger partial charge < -0.3 is 5.73 Å². The first kappa shape index (κ1) is 15.2. The summed E-state index contributed by atoms with van der Waals surface area (Å²) in [6.45, 7) is 0. The van der Waals surface area contributed by atoms with Crippen LogP contribution < -0.4 is 5.73 Å². The lowest BCUT2D eigenvalue weighted by Gasteiger charge is -2.14.